The van der Waals surface area contributed by atoms with Crippen LogP contribution in [0.2, 0.25) is 0 Å². The normalized spacial score (nSPS) is 14.2. The van der Waals surface area contributed by atoms with Crippen molar-refractivity contribution in [3.05, 3.63) is 0 Å². The van der Waals surface area contributed by atoms with Crippen molar-refractivity contribution in [2.75, 3.05) is 32.1 Å². The zero-order chi connectivity index (χ0) is 8.20. The summed E-state index contributed by atoms with van der Waals surface area (Å²) in [4.78, 5) is 1.95. The lowest BCUT2D eigenvalue weighted by Gasteiger charge is -2.31. The molecular weight excluding hydrogens is 150 g/mol. The molecule has 0 bridgehead atoms. The van der Waals surface area contributed by atoms with Crippen molar-refractivity contribution < 1.29 is 9.11 Å². The van der Waals surface area contributed by atoms with Gasteiger partial charge in [0, 0.05) is 12.3 Å². The Kier molecular flexibility index (Phi) is 4.28. The van der Waals surface area contributed by atoms with Gasteiger partial charge in [-0.1, -0.05) is 0 Å². The zero-order valence-corrected chi connectivity index (χ0v) is 7.69. The fourth-order valence-corrected chi connectivity index (χ4v) is 1.42. The molecule has 0 aromatic heterocycles. The van der Waals surface area contributed by atoms with Gasteiger partial charge in [-0.25, -0.2) is 0 Å². The second kappa shape index (κ2) is 4.18. The summed E-state index contributed by atoms with van der Waals surface area (Å²) in [7, 11) is 1.59. The minimum Gasteiger partial charge on any atom is -0.308 e. The standard InChI is InChI=1S/C6H17NO2S/c1-4-10(8,9)6-5-7(2)3/h8-9H,4-6H2,1-3H3. The van der Waals surface area contributed by atoms with E-state index in [1.807, 2.05) is 19.0 Å². The Morgan fingerprint density at radius 2 is 1.80 bits per heavy atom. The second-order valence-electron chi connectivity index (χ2n) is 2.60. The van der Waals surface area contributed by atoms with Crippen LogP contribution in [-0.4, -0.2) is 46.2 Å². The highest BCUT2D eigenvalue weighted by atomic mass is 32.3. The molecule has 0 fully saturated rings. The summed E-state index contributed by atoms with van der Waals surface area (Å²) in [6.45, 7) is 2.54. The van der Waals surface area contributed by atoms with Gasteiger partial charge in [0.15, 0.2) is 0 Å². The summed E-state index contributed by atoms with van der Waals surface area (Å²) >= 11 is 0. The van der Waals surface area contributed by atoms with Crippen molar-refractivity contribution >= 4 is 10.6 Å². The van der Waals surface area contributed by atoms with Crippen LogP contribution in [0.5, 0.6) is 0 Å². The second-order valence-corrected chi connectivity index (χ2v) is 5.19. The molecule has 64 valence electrons. The van der Waals surface area contributed by atoms with Crippen molar-refractivity contribution in [3.63, 3.8) is 0 Å². The van der Waals surface area contributed by atoms with Crippen molar-refractivity contribution in [1.82, 2.24) is 4.90 Å². The van der Waals surface area contributed by atoms with E-state index in [4.69, 9.17) is 0 Å². The molecule has 0 aromatic rings. The first-order chi connectivity index (χ1) is 4.48. The van der Waals surface area contributed by atoms with Crippen molar-refractivity contribution in [2.24, 2.45) is 0 Å². The summed E-state index contributed by atoms with van der Waals surface area (Å²) in [5.41, 5.74) is 0. The van der Waals surface area contributed by atoms with Gasteiger partial charge < -0.3 is 4.90 Å². The van der Waals surface area contributed by atoms with Gasteiger partial charge in [-0.2, -0.15) is 10.6 Å². The van der Waals surface area contributed by atoms with Gasteiger partial charge in [0.2, 0.25) is 0 Å². The van der Waals surface area contributed by atoms with Crippen LogP contribution in [0.25, 0.3) is 0 Å². The van der Waals surface area contributed by atoms with Gasteiger partial charge in [0.05, 0.1) is 5.75 Å². The molecule has 3 nitrogen and oxygen atoms in total. The van der Waals surface area contributed by atoms with E-state index in [9.17, 15) is 9.11 Å². The maximum atomic E-state index is 9.18. The quantitative estimate of drug-likeness (QED) is 0.663. The van der Waals surface area contributed by atoms with Gasteiger partial charge in [-0.3, -0.25) is 9.11 Å². The van der Waals surface area contributed by atoms with Crippen LogP contribution < -0.4 is 0 Å². The van der Waals surface area contributed by atoms with Crippen LogP contribution in [0.4, 0.5) is 0 Å². The molecule has 0 atom stereocenters. The van der Waals surface area contributed by atoms with Crippen LogP contribution in [0, 0.1) is 0 Å². The first kappa shape index (κ1) is 10.2. The van der Waals surface area contributed by atoms with Crippen LogP contribution in [0.1, 0.15) is 6.92 Å². The fourth-order valence-electron chi connectivity index (χ4n) is 0.473. The summed E-state index contributed by atoms with van der Waals surface area (Å²) in [5, 5.41) is 0. The van der Waals surface area contributed by atoms with E-state index in [-0.39, 0.29) is 0 Å². The molecule has 0 aliphatic rings. The number of hydrogen-bond donors (Lipinski definition) is 2. The van der Waals surface area contributed by atoms with E-state index in [2.05, 4.69) is 0 Å². The molecule has 0 saturated carbocycles. The Labute approximate surface area is 64.4 Å². The minimum absolute atomic E-state index is 0.473. The van der Waals surface area contributed by atoms with Crippen LogP contribution in [-0.2, 0) is 0 Å². The Bertz CT molecular complexity index is 95.7. The molecule has 0 amide bonds. The molecule has 4 heteroatoms. The van der Waals surface area contributed by atoms with E-state index in [1.54, 1.807) is 6.92 Å². The molecule has 0 aliphatic heterocycles. The van der Waals surface area contributed by atoms with Gasteiger partial charge in [-0.15, -0.1) is 0 Å². The molecule has 0 aliphatic carbocycles. The highest BCUT2D eigenvalue weighted by Gasteiger charge is 2.07. The van der Waals surface area contributed by atoms with Crippen LogP contribution in [0.3, 0.4) is 0 Å². The topological polar surface area (TPSA) is 43.7 Å². The Balaban J connectivity index is 3.46. The van der Waals surface area contributed by atoms with E-state index < -0.39 is 10.6 Å². The summed E-state index contributed by atoms with van der Waals surface area (Å²) in [5.74, 6) is 0.970. The molecule has 0 aromatic carbocycles. The average Bonchev–Trinajstić information content (AvgIpc) is 1.85. The Hall–Kier alpha value is 0.230. The number of hydrogen-bond acceptors (Lipinski definition) is 3. The van der Waals surface area contributed by atoms with Crippen LogP contribution >= 0.6 is 10.6 Å². The summed E-state index contributed by atoms with van der Waals surface area (Å²) < 4.78 is 18.4. The van der Waals surface area contributed by atoms with Crippen molar-refractivity contribution in [3.8, 4) is 0 Å². The number of nitrogens with zero attached hydrogens (tertiary/aromatic N) is 1. The summed E-state index contributed by atoms with van der Waals surface area (Å²) in [6, 6.07) is 0. The third kappa shape index (κ3) is 5.05. The predicted octanol–water partition coefficient (Wildman–Crippen LogP) is 1.32. The van der Waals surface area contributed by atoms with Gasteiger partial charge in [0.1, 0.15) is 0 Å². The molecule has 0 radical (unpaired) electrons. The molecule has 0 heterocycles. The van der Waals surface area contributed by atoms with Gasteiger partial charge >= 0.3 is 0 Å². The lowest BCUT2D eigenvalue weighted by atomic mass is 10.7. The third-order valence-corrected chi connectivity index (χ3v) is 3.09. The molecule has 0 unspecified atom stereocenters. The lowest BCUT2D eigenvalue weighted by Crippen LogP contribution is -2.20. The van der Waals surface area contributed by atoms with Gasteiger partial charge in [-0.05, 0) is 21.0 Å². The predicted molar refractivity (Wildman–Crippen MR) is 46.8 cm³/mol. The highest BCUT2D eigenvalue weighted by Crippen LogP contribution is 2.36. The smallest absolute Gasteiger partial charge is 0.0501 e. The van der Waals surface area contributed by atoms with E-state index in [0.29, 0.717) is 11.5 Å². The largest absolute Gasteiger partial charge is 0.308 e. The monoisotopic (exact) mass is 167 g/mol. The number of rotatable bonds is 4. The van der Waals surface area contributed by atoms with Crippen molar-refractivity contribution in [1.29, 1.82) is 0 Å². The highest BCUT2D eigenvalue weighted by molar-refractivity contribution is 8.24. The van der Waals surface area contributed by atoms with Crippen LogP contribution in [0.15, 0.2) is 0 Å². The molecular formula is C6H17NO2S. The first-order valence-corrected chi connectivity index (χ1v) is 5.25. The average molecular weight is 167 g/mol. The third-order valence-electron chi connectivity index (χ3n) is 1.33. The zero-order valence-electron chi connectivity index (χ0n) is 6.87. The van der Waals surface area contributed by atoms with E-state index in [1.165, 1.54) is 0 Å². The lowest BCUT2D eigenvalue weighted by molar-refractivity contribution is 0.418. The fraction of sp³-hybridized carbons (Fsp3) is 1.00. The van der Waals surface area contributed by atoms with E-state index in [0.717, 1.165) is 6.54 Å². The molecule has 0 rings (SSSR count). The molecule has 2 N–H and O–H groups in total. The van der Waals surface area contributed by atoms with Gasteiger partial charge in [0.25, 0.3) is 0 Å². The maximum absolute atomic E-state index is 9.18. The Morgan fingerprint density at radius 1 is 1.30 bits per heavy atom. The summed E-state index contributed by atoms with van der Waals surface area (Å²) in [6.07, 6.45) is 0. The minimum atomic E-state index is -2.26. The van der Waals surface area contributed by atoms with E-state index >= 15 is 0 Å². The SMILES string of the molecule is CCS(O)(O)CCN(C)C. The maximum Gasteiger partial charge on any atom is 0.0501 e. The van der Waals surface area contributed by atoms with Crippen molar-refractivity contribution in [2.45, 2.75) is 6.92 Å². The molecule has 0 saturated heterocycles. The molecule has 0 spiro atoms. The Morgan fingerprint density at radius 3 is 2.10 bits per heavy atom. The molecule has 10 heavy (non-hydrogen) atoms. The first-order valence-electron chi connectivity index (χ1n) is 3.36.